The number of aromatic nitrogens is 1. The van der Waals surface area contributed by atoms with E-state index in [0.29, 0.717) is 11.5 Å². The third kappa shape index (κ3) is 2.79. The van der Waals surface area contributed by atoms with Crippen LogP contribution in [-0.2, 0) is 0 Å². The molecule has 5 nitrogen and oxygen atoms in total. The number of nitrogens with two attached hydrogens (primary N) is 1. The molecule has 0 spiro atoms. The fourth-order valence-corrected chi connectivity index (χ4v) is 1.57. The van der Waals surface area contributed by atoms with Crippen LogP contribution in [0.1, 0.15) is 10.4 Å². The number of pyridine rings is 1. The van der Waals surface area contributed by atoms with Crippen molar-refractivity contribution in [2.24, 2.45) is 0 Å². The monoisotopic (exact) mass is 261 g/mol. The average molecular weight is 261 g/mol. The molecular formula is C13H12FN3O2. The number of hydrogen-bond acceptors (Lipinski definition) is 4. The first-order valence-electron chi connectivity index (χ1n) is 5.47. The van der Waals surface area contributed by atoms with E-state index in [1.165, 1.54) is 37.6 Å². The second-order valence-electron chi connectivity index (χ2n) is 3.74. The van der Waals surface area contributed by atoms with Gasteiger partial charge < -0.3 is 15.8 Å². The van der Waals surface area contributed by atoms with Gasteiger partial charge in [-0.2, -0.15) is 0 Å². The molecule has 0 fully saturated rings. The van der Waals surface area contributed by atoms with E-state index in [1.807, 2.05) is 0 Å². The number of ether oxygens (including phenoxy) is 1. The first-order chi connectivity index (χ1) is 9.11. The number of halogens is 1. The van der Waals surface area contributed by atoms with Crippen LogP contribution in [0, 0.1) is 5.82 Å². The van der Waals surface area contributed by atoms with Gasteiger partial charge in [0.2, 0.25) is 0 Å². The third-order valence-electron chi connectivity index (χ3n) is 2.47. The maximum atomic E-state index is 13.7. The first kappa shape index (κ1) is 12.8. The van der Waals surface area contributed by atoms with Crippen LogP contribution >= 0.6 is 0 Å². The van der Waals surface area contributed by atoms with E-state index in [1.54, 1.807) is 6.07 Å². The lowest BCUT2D eigenvalue weighted by Crippen LogP contribution is -2.15. The van der Waals surface area contributed by atoms with Crippen LogP contribution in [0.5, 0.6) is 5.75 Å². The summed E-state index contributed by atoms with van der Waals surface area (Å²) in [4.78, 5) is 15.8. The molecule has 0 saturated heterocycles. The number of methoxy groups -OCH3 is 1. The zero-order valence-corrected chi connectivity index (χ0v) is 10.2. The molecule has 2 rings (SSSR count). The minimum Gasteiger partial charge on any atom is -0.496 e. The number of carbonyl (C=O) groups is 1. The number of carbonyl (C=O) groups excluding carboxylic acids is 1. The van der Waals surface area contributed by atoms with E-state index >= 15 is 0 Å². The van der Waals surface area contributed by atoms with Gasteiger partial charge in [-0.25, -0.2) is 9.37 Å². The van der Waals surface area contributed by atoms with E-state index < -0.39 is 11.7 Å². The van der Waals surface area contributed by atoms with Gasteiger partial charge in [-0.3, -0.25) is 4.79 Å². The molecule has 0 atom stereocenters. The molecule has 0 aliphatic heterocycles. The highest BCUT2D eigenvalue weighted by molar-refractivity contribution is 6.06. The molecule has 98 valence electrons. The Bertz CT molecular complexity index is 599. The summed E-state index contributed by atoms with van der Waals surface area (Å²) < 4.78 is 18.6. The fraction of sp³-hybridized carbons (Fsp3) is 0.0769. The Kier molecular flexibility index (Phi) is 3.61. The molecule has 19 heavy (non-hydrogen) atoms. The van der Waals surface area contributed by atoms with Crippen molar-refractivity contribution in [3.05, 3.63) is 47.9 Å². The predicted molar refractivity (Wildman–Crippen MR) is 69.6 cm³/mol. The van der Waals surface area contributed by atoms with Crippen LogP contribution in [0.25, 0.3) is 0 Å². The summed E-state index contributed by atoms with van der Waals surface area (Å²) in [5, 5.41) is 2.52. The number of nitrogens with zero attached hydrogens (tertiary/aromatic N) is 1. The highest BCUT2D eigenvalue weighted by Gasteiger charge is 2.17. The number of amides is 1. The number of nitrogen functional groups attached to an aromatic ring is 1. The van der Waals surface area contributed by atoms with Gasteiger partial charge in [0, 0.05) is 0 Å². The number of hydrogen-bond donors (Lipinski definition) is 2. The summed E-state index contributed by atoms with van der Waals surface area (Å²) in [6.45, 7) is 0. The molecule has 2 aromatic rings. The second kappa shape index (κ2) is 5.34. The molecule has 1 heterocycles. The van der Waals surface area contributed by atoms with Crippen molar-refractivity contribution in [3.8, 4) is 5.75 Å². The van der Waals surface area contributed by atoms with Crippen molar-refractivity contribution >= 4 is 17.4 Å². The quantitative estimate of drug-likeness (QED) is 0.886. The lowest BCUT2D eigenvalue weighted by molar-refractivity contribution is 0.102. The summed E-state index contributed by atoms with van der Waals surface area (Å²) in [7, 11) is 1.37. The summed E-state index contributed by atoms with van der Waals surface area (Å²) >= 11 is 0. The molecule has 0 unspecified atom stereocenters. The predicted octanol–water partition coefficient (Wildman–Crippen LogP) is 2.06. The van der Waals surface area contributed by atoms with Crippen molar-refractivity contribution in [1.82, 2.24) is 4.98 Å². The van der Waals surface area contributed by atoms with E-state index in [9.17, 15) is 9.18 Å². The van der Waals surface area contributed by atoms with Crippen molar-refractivity contribution in [3.63, 3.8) is 0 Å². The van der Waals surface area contributed by atoms with Crippen molar-refractivity contribution in [2.75, 3.05) is 18.2 Å². The van der Waals surface area contributed by atoms with Crippen molar-refractivity contribution < 1.29 is 13.9 Å². The van der Waals surface area contributed by atoms with Crippen LogP contribution in [-0.4, -0.2) is 18.0 Å². The molecule has 0 bridgehead atoms. The minimum atomic E-state index is -0.653. The summed E-state index contributed by atoms with van der Waals surface area (Å²) in [6, 6.07) is 7.29. The Morgan fingerprint density at radius 3 is 2.79 bits per heavy atom. The molecule has 1 aromatic heterocycles. The first-order valence-corrected chi connectivity index (χ1v) is 5.47. The number of rotatable bonds is 3. The van der Waals surface area contributed by atoms with Crippen LogP contribution in [0.2, 0.25) is 0 Å². The zero-order chi connectivity index (χ0) is 13.8. The van der Waals surface area contributed by atoms with Crippen molar-refractivity contribution in [1.29, 1.82) is 0 Å². The van der Waals surface area contributed by atoms with Crippen LogP contribution < -0.4 is 15.8 Å². The molecule has 0 radical (unpaired) electrons. The van der Waals surface area contributed by atoms with Gasteiger partial charge in [0.25, 0.3) is 5.91 Å². The third-order valence-corrected chi connectivity index (χ3v) is 2.47. The topological polar surface area (TPSA) is 77.2 Å². The molecule has 0 aliphatic rings. The molecule has 0 saturated carbocycles. The molecule has 1 aromatic carbocycles. The lowest BCUT2D eigenvalue weighted by Gasteiger charge is -2.09. The number of anilines is 2. The van der Waals surface area contributed by atoms with Gasteiger partial charge in [0.1, 0.15) is 22.9 Å². The lowest BCUT2D eigenvalue weighted by atomic mass is 10.1. The van der Waals surface area contributed by atoms with Gasteiger partial charge in [0.15, 0.2) is 0 Å². The van der Waals surface area contributed by atoms with Gasteiger partial charge in [-0.15, -0.1) is 0 Å². The fourth-order valence-electron chi connectivity index (χ4n) is 1.57. The van der Waals surface area contributed by atoms with Gasteiger partial charge in [-0.1, -0.05) is 6.07 Å². The summed E-state index contributed by atoms with van der Waals surface area (Å²) in [5.41, 5.74) is 5.70. The standard InChI is InChI=1S/C13H12FN3O2/c1-19-10-4-2-3-9(14)12(10)13(18)17-8-5-6-11(15)16-7-8/h2-7H,1H3,(H2,15,16)(H,17,18). The smallest absolute Gasteiger partial charge is 0.262 e. The molecule has 1 amide bonds. The average Bonchev–Trinajstić information content (AvgIpc) is 2.40. The second-order valence-corrected chi connectivity index (χ2v) is 3.74. The van der Waals surface area contributed by atoms with Crippen LogP contribution in [0.4, 0.5) is 15.9 Å². The van der Waals surface area contributed by atoms with E-state index in [0.717, 1.165) is 0 Å². The van der Waals surface area contributed by atoms with Gasteiger partial charge >= 0.3 is 0 Å². The van der Waals surface area contributed by atoms with Crippen LogP contribution in [0.3, 0.4) is 0 Å². The van der Waals surface area contributed by atoms with Gasteiger partial charge in [0.05, 0.1) is 19.0 Å². The number of nitrogens with one attached hydrogen (secondary N) is 1. The Hall–Kier alpha value is -2.63. The van der Waals surface area contributed by atoms with Gasteiger partial charge in [-0.05, 0) is 24.3 Å². The van der Waals surface area contributed by atoms with Crippen LogP contribution in [0.15, 0.2) is 36.5 Å². The highest BCUT2D eigenvalue weighted by atomic mass is 19.1. The summed E-state index contributed by atoms with van der Waals surface area (Å²) in [5.74, 6) is -0.760. The maximum Gasteiger partial charge on any atom is 0.262 e. The Labute approximate surface area is 109 Å². The van der Waals surface area contributed by atoms with E-state index in [4.69, 9.17) is 10.5 Å². The number of benzene rings is 1. The Morgan fingerprint density at radius 1 is 1.37 bits per heavy atom. The summed E-state index contributed by atoms with van der Waals surface area (Å²) in [6.07, 6.45) is 1.39. The molecular weight excluding hydrogens is 249 g/mol. The SMILES string of the molecule is COc1cccc(F)c1C(=O)Nc1ccc(N)nc1. The maximum absolute atomic E-state index is 13.7. The Morgan fingerprint density at radius 2 is 2.16 bits per heavy atom. The largest absolute Gasteiger partial charge is 0.496 e. The molecule has 6 heteroatoms. The van der Waals surface area contributed by atoms with Crippen molar-refractivity contribution in [2.45, 2.75) is 0 Å². The molecule has 0 aliphatic carbocycles. The minimum absolute atomic E-state index is 0.151. The zero-order valence-electron chi connectivity index (χ0n) is 10.2. The van der Waals surface area contributed by atoms with E-state index in [-0.39, 0.29) is 11.3 Å². The van der Waals surface area contributed by atoms with E-state index in [2.05, 4.69) is 10.3 Å². The molecule has 3 N–H and O–H groups in total. The Balaban J connectivity index is 2.27. The highest BCUT2D eigenvalue weighted by Crippen LogP contribution is 2.22. The normalized spacial score (nSPS) is 10.0.